The summed E-state index contributed by atoms with van der Waals surface area (Å²) < 4.78 is 0. The SMILES string of the molecule is CC.CNc1ncc(C)s1. The molecule has 0 saturated carbocycles. The molecule has 1 heterocycles. The van der Waals surface area contributed by atoms with E-state index in [1.54, 1.807) is 11.3 Å². The molecule has 0 radical (unpaired) electrons. The third kappa shape index (κ3) is 2.82. The summed E-state index contributed by atoms with van der Waals surface area (Å²) in [5.41, 5.74) is 0. The molecule has 10 heavy (non-hydrogen) atoms. The Bertz CT molecular complexity index is 172. The van der Waals surface area contributed by atoms with Gasteiger partial charge in [0.05, 0.1) is 0 Å². The highest BCUT2D eigenvalue weighted by molar-refractivity contribution is 7.15. The average molecular weight is 158 g/mol. The summed E-state index contributed by atoms with van der Waals surface area (Å²) in [6.45, 7) is 6.04. The van der Waals surface area contributed by atoms with Crippen LogP contribution >= 0.6 is 11.3 Å². The lowest BCUT2D eigenvalue weighted by Crippen LogP contribution is -1.83. The number of thiazole rings is 1. The second-order valence-electron chi connectivity index (χ2n) is 1.53. The zero-order chi connectivity index (χ0) is 7.98. The lowest BCUT2D eigenvalue weighted by Gasteiger charge is -1.84. The fourth-order valence-corrected chi connectivity index (χ4v) is 1.09. The Morgan fingerprint density at radius 2 is 2.10 bits per heavy atom. The minimum atomic E-state index is 0.988. The molecule has 0 fully saturated rings. The Kier molecular flexibility index (Phi) is 4.94. The molecule has 0 unspecified atom stereocenters. The van der Waals surface area contributed by atoms with E-state index in [1.807, 2.05) is 34.0 Å². The first-order valence-electron chi connectivity index (χ1n) is 3.43. The zero-order valence-corrected chi connectivity index (χ0v) is 7.75. The van der Waals surface area contributed by atoms with Crippen LogP contribution in [0.2, 0.25) is 0 Å². The van der Waals surface area contributed by atoms with E-state index in [4.69, 9.17) is 0 Å². The van der Waals surface area contributed by atoms with Crippen molar-refractivity contribution in [2.45, 2.75) is 20.8 Å². The molecular weight excluding hydrogens is 144 g/mol. The normalized spacial score (nSPS) is 8.00. The summed E-state index contributed by atoms with van der Waals surface area (Å²) in [7, 11) is 1.87. The van der Waals surface area contributed by atoms with E-state index in [1.165, 1.54) is 4.88 Å². The molecule has 0 aromatic carbocycles. The van der Waals surface area contributed by atoms with Gasteiger partial charge in [0.2, 0.25) is 0 Å². The molecule has 3 heteroatoms. The minimum Gasteiger partial charge on any atom is -0.365 e. The maximum atomic E-state index is 4.04. The molecule has 0 bridgehead atoms. The van der Waals surface area contributed by atoms with Crippen molar-refractivity contribution in [3.63, 3.8) is 0 Å². The third-order valence-electron chi connectivity index (χ3n) is 0.835. The van der Waals surface area contributed by atoms with E-state index in [2.05, 4.69) is 10.3 Å². The molecule has 1 aromatic heterocycles. The molecule has 1 rings (SSSR count). The molecule has 1 N–H and O–H groups in total. The fourth-order valence-electron chi connectivity index (χ4n) is 0.470. The van der Waals surface area contributed by atoms with Gasteiger partial charge < -0.3 is 5.32 Å². The fraction of sp³-hybridized carbons (Fsp3) is 0.571. The number of hydrogen-bond acceptors (Lipinski definition) is 3. The van der Waals surface area contributed by atoms with Crippen molar-refractivity contribution in [1.82, 2.24) is 4.98 Å². The Morgan fingerprint density at radius 1 is 1.50 bits per heavy atom. The zero-order valence-electron chi connectivity index (χ0n) is 6.93. The van der Waals surface area contributed by atoms with Crippen LogP contribution in [0, 0.1) is 6.92 Å². The summed E-state index contributed by atoms with van der Waals surface area (Å²) in [5, 5.41) is 3.94. The number of rotatable bonds is 1. The van der Waals surface area contributed by atoms with Crippen molar-refractivity contribution >= 4 is 16.5 Å². The van der Waals surface area contributed by atoms with Gasteiger partial charge in [0.15, 0.2) is 5.13 Å². The Hall–Kier alpha value is -0.570. The van der Waals surface area contributed by atoms with Gasteiger partial charge in [-0.25, -0.2) is 4.98 Å². The van der Waals surface area contributed by atoms with Crippen LogP contribution in [0.5, 0.6) is 0 Å². The lowest BCUT2D eigenvalue weighted by molar-refractivity contribution is 1.35. The van der Waals surface area contributed by atoms with Gasteiger partial charge in [-0.05, 0) is 6.92 Å². The summed E-state index contributed by atoms with van der Waals surface area (Å²) in [5.74, 6) is 0. The number of nitrogens with zero attached hydrogens (tertiary/aromatic N) is 1. The predicted octanol–water partition coefficient (Wildman–Crippen LogP) is 2.52. The van der Waals surface area contributed by atoms with Crippen LogP contribution in [0.4, 0.5) is 5.13 Å². The predicted molar refractivity (Wildman–Crippen MR) is 47.7 cm³/mol. The largest absolute Gasteiger partial charge is 0.365 e. The molecule has 2 nitrogen and oxygen atoms in total. The van der Waals surface area contributed by atoms with E-state index in [0.29, 0.717) is 0 Å². The van der Waals surface area contributed by atoms with Gasteiger partial charge in [0.1, 0.15) is 0 Å². The molecule has 0 spiro atoms. The first-order chi connectivity index (χ1) is 4.83. The van der Waals surface area contributed by atoms with Gasteiger partial charge in [-0.3, -0.25) is 0 Å². The highest BCUT2D eigenvalue weighted by Crippen LogP contribution is 2.14. The summed E-state index contributed by atoms with van der Waals surface area (Å²) >= 11 is 1.67. The van der Waals surface area contributed by atoms with Crippen LogP contribution in [0.1, 0.15) is 18.7 Å². The van der Waals surface area contributed by atoms with Gasteiger partial charge in [0, 0.05) is 18.1 Å². The molecule has 0 atom stereocenters. The molecule has 0 amide bonds. The maximum absolute atomic E-state index is 4.04. The first kappa shape index (κ1) is 9.43. The van der Waals surface area contributed by atoms with Crippen LogP contribution in [0.15, 0.2) is 6.20 Å². The van der Waals surface area contributed by atoms with E-state index < -0.39 is 0 Å². The second-order valence-corrected chi connectivity index (χ2v) is 2.76. The third-order valence-corrected chi connectivity index (χ3v) is 1.77. The Morgan fingerprint density at radius 3 is 2.30 bits per heavy atom. The molecule has 1 aromatic rings. The van der Waals surface area contributed by atoms with Crippen molar-refractivity contribution in [2.24, 2.45) is 0 Å². The van der Waals surface area contributed by atoms with Gasteiger partial charge in [-0.1, -0.05) is 13.8 Å². The highest BCUT2D eigenvalue weighted by Gasteiger charge is 1.90. The van der Waals surface area contributed by atoms with Crippen LogP contribution in [0.3, 0.4) is 0 Å². The number of hydrogen-bond donors (Lipinski definition) is 1. The van der Waals surface area contributed by atoms with Crippen LogP contribution in [-0.4, -0.2) is 12.0 Å². The highest BCUT2D eigenvalue weighted by atomic mass is 32.1. The van der Waals surface area contributed by atoms with Gasteiger partial charge in [-0.2, -0.15) is 0 Å². The smallest absolute Gasteiger partial charge is 0.182 e. The Balaban J connectivity index is 0.000000371. The molecule has 58 valence electrons. The molecule has 0 aliphatic carbocycles. The van der Waals surface area contributed by atoms with Crippen molar-refractivity contribution in [1.29, 1.82) is 0 Å². The Labute approximate surface area is 66.3 Å². The van der Waals surface area contributed by atoms with Gasteiger partial charge >= 0.3 is 0 Å². The second kappa shape index (κ2) is 5.23. The average Bonchev–Trinajstić information content (AvgIpc) is 2.40. The monoisotopic (exact) mass is 158 g/mol. The van der Waals surface area contributed by atoms with Gasteiger partial charge in [0.25, 0.3) is 0 Å². The number of anilines is 1. The van der Waals surface area contributed by atoms with E-state index in [9.17, 15) is 0 Å². The quantitative estimate of drug-likeness (QED) is 0.679. The first-order valence-corrected chi connectivity index (χ1v) is 4.25. The van der Waals surface area contributed by atoms with E-state index in [0.717, 1.165) is 5.13 Å². The lowest BCUT2D eigenvalue weighted by atomic mass is 10.7. The number of nitrogens with one attached hydrogen (secondary N) is 1. The van der Waals surface area contributed by atoms with Crippen LogP contribution in [-0.2, 0) is 0 Å². The van der Waals surface area contributed by atoms with Crippen molar-refractivity contribution < 1.29 is 0 Å². The van der Waals surface area contributed by atoms with E-state index in [-0.39, 0.29) is 0 Å². The number of aromatic nitrogens is 1. The van der Waals surface area contributed by atoms with Crippen molar-refractivity contribution in [2.75, 3.05) is 12.4 Å². The minimum absolute atomic E-state index is 0.988. The van der Waals surface area contributed by atoms with Crippen LogP contribution in [0.25, 0.3) is 0 Å². The summed E-state index contributed by atoms with van der Waals surface area (Å²) in [6, 6.07) is 0. The molecule has 0 saturated heterocycles. The number of aryl methyl sites for hydroxylation is 1. The summed E-state index contributed by atoms with van der Waals surface area (Å²) in [4.78, 5) is 5.29. The van der Waals surface area contributed by atoms with Gasteiger partial charge in [-0.15, -0.1) is 11.3 Å². The summed E-state index contributed by atoms with van der Waals surface area (Å²) in [6.07, 6.45) is 1.86. The topological polar surface area (TPSA) is 24.9 Å². The molecular formula is C7H14N2S. The molecule has 0 aliphatic rings. The standard InChI is InChI=1S/C5H8N2S.C2H6/c1-4-3-7-5(6-2)8-4;1-2/h3H,1-2H3,(H,6,7);1-2H3. The van der Waals surface area contributed by atoms with Crippen molar-refractivity contribution in [3.8, 4) is 0 Å². The van der Waals surface area contributed by atoms with E-state index >= 15 is 0 Å². The maximum Gasteiger partial charge on any atom is 0.182 e. The van der Waals surface area contributed by atoms with Crippen LogP contribution < -0.4 is 5.32 Å². The molecule has 0 aliphatic heterocycles. The van der Waals surface area contributed by atoms with Crippen molar-refractivity contribution in [3.05, 3.63) is 11.1 Å².